The van der Waals surface area contributed by atoms with E-state index in [-0.39, 0.29) is 5.41 Å². The van der Waals surface area contributed by atoms with Crippen LogP contribution in [0, 0.1) is 29.1 Å². The molecule has 0 spiro atoms. The number of nitrogens with one attached hydrogen (secondary N) is 1. The van der Waals surface area contributed by atoms with Gasteiger partial charge in [0, 0.05) is 38.1 Å². The van der Waals surface area contributed by atoms with Gasteiger partial charge < -0.3 is 10.2 Å². The molecular weight excluding hydrogens is 379 g/mol. The Labute approximate surface area is 179 Å². The van der Waals surface area contributed by atoms with E-state index < -0.39 is 5.95 Å². The number of unbranched alkanes of at least 4 members (excludes halogenated alkanes) is 1. The van der Waals surface area contributed by atoms with Crippen LogP contribution in [0.2, 0.25) is 0 Å². The minimum atomic E-state index is -0.412. The maximum Gasteiger partial charge on any atom is 0.226 e. The first-order valence-corrected chi connectivity index (χ1v) is 12.0. The first kappa shape index (κ1) is 20.2. The van der Waals surface area contributed by atoms with Crippen molar-refractivity contribution < 1.29 is 9.18 Å². The van der Waals surface area contributed by atoms with Crippen LogP contribution >= 0.6 is 0 Å². The quantitative estimate of drug-likeness (QED) is 0.548. The summed E-state index contributed by atoms with van der Waals surface area (Å²) in [5.74, 6) is 3.15. The maximum atomic E-state index is 13.3. The molecule has 6 rings (SSSR count). The highest BCUT2D eigenvalue weighted by molar-refractivity contribution is 5.83. The number of carbonyl (C=O) groups is 1. The van der Waals surface area contributed by atoms with E-state index in [0.717, 1.165) is 94.9 Å². The van der Waals surface area contributed by atoms with Crippen LogP contribution in [0.5, 0.6) is 0 Å². The molecule has 0 atom stereocenters. The van der Waals surface area contributed by atoms with Gasteiger partial charge >= 0.3 is 0 Å². The highest BCUT2D eigenvalue weighted by Crippen LogP contribution is 2.60. The largest absolute Gasteiger partial charge is 0.356 e. The van der Waals surface area contributed by atoms with Crippen molar-refractivity contribution in [2.75, 3.05) is 44.2 Å². The van der Waals surface area contributed by atoms with E-state index in [0.29, 0.717) is 5.91 Å². The highest BCUT2D eigenvalue weighted by atomic mass is 19.1. The number of aromatic nitrogens is 1. The maximum absolute atomic E-state index is 13.3. The van der Waals surface area contributed by atoms with Crippen molar-refractivity contribution in [3.63, 3.8) is 0 Å². The molecule has 1 saturated heterocycles. The Morgan fingerprint density at radius 2 is 1.70 bits per heavy atom. The number of nitrogens with zero attached hydrogens (tertiary/aromatic N) is 3. The van der Waals surface area contributed by atoms with Crippen molar-refractivity contribution in [3.05, 3.63) is 24.1 Å². The summed E-state index contributed by atoms with van der Waals surface area (Å²) >= 11 is 0. The fourth-order valence-electron chi connectivity index (χ4n) is 7.01. The monoisotopic (exact) mass is 414 g/mol. The predicted molar refractivity (Wildman–Crippen MR) is 116 cm³/mol. The Bertz CT molecular complexity index is 726. The van der Waals surface area contributed by atoms with Crippen molar-refractivity contribution in [1.29, 1.82) is 0 Å². The molecule has 164 valence electrons. The summed E-state index contributed by atoms with van der Waals surface area (Å²) in [5, 5.41) is 3.30. The average Bonchev–Trinajstić information content (AvgIpc) is 2.73. The fraction of sp³-hybridized carbons (Fsp3) is 0.750. The molecule has 5 nitrogen and oxygen atoms in total. The van der Waals surface area contributed by atoms with Crippen molar-refractivity contribution >= 4 is 11.7 Å². The SMILES string of the molecule is O=C(NCCCCN1CCN(c2cccc(F)n2)CC1)C12CC3CC(CC(C3)C1)C2. The average molecular weight is 415 g/mol. The van der Waals surface area contributed by atoms with Crippen molar-refractivity contribution in [2.24, 2.45) is 23.2 Å². The van der Waals surface area contributed by atoms with E-state index in [4.69, 9.17) is 0 Å². The number of hydrogen-bond donors (Lipinski definition) is 1. The van der Waals surface area contributed by atoms with Crippen LogP contribution in [-0.4, -0.2) is 55.1 Å². The van der Waals surface area contributed by atoms with Gasteiger partial charge in [-0.2, -0.15) is 4.39 Å². The molecule has 0 radical (unpaired) electrons. The van der Waals surface area contributed by atoms with Gasteiger partial charge in [-0.3, -0.25) is 9.69 Å². The number of rotatable bonds is 7. The molecule has 4 bridgehead atoms. The zero-order valence-electron chi connectivity index (χ0n) is 18.0. The molecule has 2 heterocycles. The second-order valence-corrected chi connectivity index (χ2v) is 10.3. The number of hydrogen-bond acceptors (Lipinski definition) is 4. The predicted octanol–water partition coefficient (Wildman–Crippen LogP) is 3.46. The lowest BCUT2D eigenvalue weighted by Gasteiger charge is -2.55. The zero-order valence-corrected chi connectivity index (χ0v) is 18.0. The van der Waals surface area contributed by atoms with E-state index >= 15 is 0 Å². The summed E-state index contributed by atoms with van der Waals surface area (Å²) in [4.78, 5) is 21.6. The highest BCUT2D eigenvalue weighted by Gasteiger charge is 2.54. The molecule has 0 unspecified atom stereocenters. The topological polar surface area (TPSA) is 48.5 Å². The molecule has 5 fully saturated rings. The number of carbonyl (C=O) groups excluding carboxylic acids is 1. The van der Waals surface area contributed by atoms with Gasteiger partial charge in [-0.05, 0) is 87.8 Å². The van der Waals surface area contributed by atoms with Gasteiger partial charge in [-0.1, -0.05) is 6.07 Å². The number of piperazine rings is 1. The second-order valence-electron chi connectivity index (χ2n) is 10.3. The third kappa shape index (κ3) is 4.20. The summed E-state index contributed by atoms with van der Waals surface area (Å²) in [7, 11) is 0. The molecule has 5 aliphatic rings. The van der Waals surface area contributed by atoms with Crippen LogP contribution in [0.25, 0.3) is 0 Å². The van der Waals surface area contributed by atoms with Gasteiger partial charge in [0.05, 0.1) is 0 Å². The third-order valence-corrected chi connectivity index (χ3v) is 8.10. The van der Waals surface area contributed by atoms with Gasteiger partial charge in [0.15, 0.2) is 0 Å². The Morgan fingerprint density at radius 3 is 2.33 bits per heavy atom. The summed E-state index contributed by atoms with van der Waals surface area (Å²) in [5.41, 5.74) is -0.0178. The van der Waals surface area contributed by atoms with E-state index in [1.807, 2.05) is 6.07 Å². The zero-order chi connectivity index (χ0) is 20.6. The molecule has 4 aliphatic carbocycles. The van der Waals surface area contributed by atoms with Crippen LogP contribution in [0.1, 0.15) is 51.4 Å². The Hall–Kier alpha value is -1.69. The minimum Gasteiger partial charge on any atom is -0.356 e. The number of pyridine rings is 1. The molecule has 1 N–H and O–H groups in total. The second kappa shape index (κ2) is 8.45. The lowest BCUT2D eigenvalue weighted by Crippen LogP contribution is -2.53. The molecule has 0 aromatic carbocycles. The van der Waals surface area contributed by atoms with Crippen molar-refractivity contribution in [1.82, 2.24) is 15.2 Å². The van der Waals surface area contributed by atoms with Gasteiger partial charge in [0.2, 0.25) is 11.9 Å². The Kier molecular flexibility index (Phi) is 5.69. The van der Waals surface area contributed by atoms with Crippen LogP contribution in [0.15, 0.2) is 18.2 Å². The van der Waals surface area contributed by atoms with E-state index in [9.17, 15) is 9.18 Å². The van der Waals surface area contributed by atoms with E-state index in [2.05, 4.69) is 20.1 Å². The first-order valence-electron chi connectivity index (χ1n) is 12.0. The van der Waals surface area contributed by atoms with Gasteiger partial charge in [-0.25, -0.2) is 4.98 Å². The lowest BCUT2D eigenvalue weighted by atomic mass is 9.49. The third-order valence-electron chi connectivity index (χ3n) is 8.10. The molecule has 6 heteroatoms. The Morgan fingerprint density at radius 1 is 1.03 bits per heavy atom. The number of halogens is 1. The number of amides is 1. The first-order chi connectivity index (χ1) is 14.6. The molecule has 1 amide bonds. The molecular formula is C24H35FN4O. The standard InChI is InChI=1S/C24H35FN4O/c25-21-4-3-5-22(27-21)29-10-8-28(9-11-29)7-2-1-6-26-23(30)24-15-18-12-19(16-24)14-20(13-18)17-24/h3-5,18-20H,1-2,6-17H2,(H,26,30). The summed E-state index contributed by atoms with van der Waals surface area (Å²) in [6.07, 6.45) is 9.75. The van der Waals surface area contributed by atoms with Gasteiger partial charge in [0.25, 0.3) is 0 Å². The van der Waals surface area contributed by atoms with E-state index in [1.54, 1.807) is 6.07 Å². The molecule has 30 heavy (non-hydrogen) atoms. The smallest absolute Gasteiger partial charge is 0.226 e. The summed E-state index contributed by atoms with van der Waals surface area (Å²) in [6.45, 7) is 5.62. The van der Waals surface area contributed by atoms with Crippen LogP contribution < -0.4 is 10.2 Å². The van der Waals surface area contributed by atoms with Crippen LogP contribution in [0.4, 0.5) is 10.2 Å². The minimum absolute atomic E-state index is 0.0178. The van der Waals surface area contributed by atoms with Crippen molar-refractivity contribution in [3.8, 4) is 0 Å². The van der Waals surface area contributed by atoms with Crippen molar-refractivity contribution in [2.45, 2.75) is 51.4 Å². The number of anilines is 1. The van der Waals surface area contributed by atoms with Crippen LogP contribution in [-0.2, 0) is 4.79 Å². The summed E-state index contributed by atoms with van der Waals surface area (Å²) < 4.78 is 13.3. The summed E-state index contributed by atoms with van der Waals surface area (Å²) in [6, 6.07) is 4.99. The normalized spacial score (nSPS) is 33.1. The van der Waals surface area contributed by atoms with Gasteiger partial charge in [-0.15, -0.1) is 0 Å². The van der Waals surface area contributed by atoms with Crippen LogP contribution in [0.3, 0.4) is 0 Å². The lowest BCUT2D eigenvalue weighted by molar-refractivity contribution is -0.146. The fourth-order valence-corrected chi connectivity index (χ4v) is 7.01. The van der Waals surface area contributed by atoms with E-state index in [1.165, 1.54) is 25.3 Å². The molecule has 1 aromatic rings. The molecule has 4 saturated carbocycles. The molecule has 1 aromatic heterocycles. The van der Waals surface area contributed by atoms with Gasteiger partial charge in [0.1, 0.15) is 5.82 Å². The Balaban J connectivity index is 0.997. The molecule has 1 aliphatic heterocycles.